The molecule has 2 aromatic rings. The van der Waals surface area contributed by atoms with Crippen molar-refractivity contribution in [2.45, 2.75) is 0 Å². The number of hydrogen-bond acceptors (Lipinski definition) is 2. The van der Waals surface area contributed by atoms with E-state index in [1.54, 1.807) is 12.1 Å². The molecule has 0 heterocycles. The minimum atomic E-state index is -0.454. The fourth-order valence-electron chi connectivity index (χ4n) is 1.47. The molecule has 0 aromatic heterocycles. The van der Waals surface area contributed by atoms with Crippen molar-refractivity contribution in [1.82, 2.24) is 0 Å². The van der Waals surface area contributed by atoms with Crippen LogP contribution in [0.2, 0.25) is 10.0 Å². The topological polar surface area (TPSA) is 26.3 Å². The van der Waals surface area contributed by atoms with Gasteiger partial charge < -0.3 is 4.74 Å². The summed E-state index contributed by atoms with van der Waals surface area (Å²) >= 11 is 14.6. The van der Waals surface area contributed by atoms with Gasteiger partial charge in [0.15, 0.2) is 12.4 Å². The highest BCUT2D eigenvalue weighted by Crippen LogP contribution is 2.24. The number of ether oxygens (including phenoxy) is 1. The van der Waals surface area contributed by atoms with Gasteiger partial charge in [-0.2, -0.15) is 0 Å². The maximum atomic E-state index is 13.3. The summed E-state index contributed by atoms with van der Waals surface area (Å²) in [6, 6.07) is 8.84. The third-order valence-corrected chi connectivity index (χ3v) is 3.88. The first kappa shape index (κ1) is 15.3. The second-order valence-corrected chi connectivity index (χ2v) is 5.59. The number of ketones is 1. The predicted octanol–water partition coefficient (Wildman–Crippen LogP) is 5.16. The molecule has 0 bridgehead atoms. The van der Waals surface area contributed by atoms with Gasteiger partial charge in [0.05, 0.1) is 14.5 Å². The van der Waals surface area contributed by atoms with E-state index in [2.05, 4.69) is 15.9 Å². The lowest BCUT2D eigenvalue weighted by atomic mass is 10.1. The first-order valence-electron chi connectivity index (χ1n) is 5.53. The molecular weight excluding hydrogens is 370 g/mol. The molecule has 0 aliphatic carbocycles. The largest absolute Gasteiger partial charge is 0.485 e. The van der Waals surface area contributed by atoms with E-state index >= 15 is 0 Å². The highest BCUT2D eigenvalue weighted by atomic mass is 79.9. The molecule has 0 saturated carbocycles. The van der Waals surface area contributed by atoms with Crippen LogP contribution in [0.1, 0.15) is 10.4 Å². The minimum absolute atomic E-state index is 0.209. The van der Waals surface area contributed by atoms with E-state index < -0.39 is 5.82 Å². The maximum Gasteiger partial charge on any atom is 0.200 e. The zero-order valence-corrected chi connectivity index (χ0v) is 13.1. The van der Waals surface area contributed by atoms with E-state index in [0.29, 0.717) is 20.1 Å². The van der Waals surface area contributed by atoms with Crippen LogP contribution in [0.5, 0.6) is 5.75 Å². The summed E-state index contributed by atoms with van der Waals surface area (Å²) in [6.45, 7) is -0.209. The summed E-state index contributed by atoms with van der Waals surface area (Å²) in [5.74, 6) is -0.449. The van der Waals surface area contributed by atoms with E-state index in [0.717, 1.165) is 0 Å². The molecule has 104 valence electrons. The Morgan fingerprint density at radius 3 is 2.55 bits per heavy atom. The second-order valence-electron chi connectivity index (χ2n) is 3.92. The molecule has 0 atom stereocenters. The van der Waals surface area contributed by atoms with Crippen LogP contribution >= 0.6 is 39.1 Å². The van der Waals surface area contributed by atoms with Gasteiger partial charge in [-0.3, -0.25) is 4.79 Å². The van der Waals surface area contributed by atoms with Gasteiger partial charge in [-0.25, -0.2) is 4.39 Å². The molecule has 20 heavy (non-hydrogen) atoms. The number of Topliss-reactive ketones (excluding diaryl/α,β-unsaturated/α-hetero) is 1. The van der Waals surface area contributed by atoms with Crippen molar-refractivity contribution < 1.29 is 13.9 Å². The Bertz CT molecular complexity index is 662. The Labute approximate surface area is 133 Å². The Kier molecular flexibility index (Phi) is 5.02. The highest BCUT2D eigenvalue weighted by molar-refractivity contribution is 9.10. The van der Waals surface area contributed by atoms with Crippen LogP contribution < -0.4 is 4.74 Å². The summed E-state index contributed by atoms with van der Waals surface area (Å²) in [4.78, 5) is 11.9. The molecule has 0 fully saturated rings. The smallest absolute Gasteiger partial charge is 0.200 e. The van der Waals surface area contributed by atoms with Gasteiger partial charge in [0, 0.05) is 11.6 Å². The van der Waals surface area contributed by atoms with Crippen molar-refractivity contribution in [3.63, 3.8) is 0 Å². The maximum absolute atomic E-state index is 13.3. The molecule has 0 aliphatic rings. The summed E-state index contributed by atoms with van der Waals surface area (Å²) in [7, 11) is 0. The zero-order valence-electron chi connectivity index (χ0n) is 10.00. The van der Waals surface area contributed by atoms with Crippen molar-refractivity contribution in [3.05, 3.63) is 62.3 Å². The summed E-state index contributed by atoms with van der Waals surface area (Å²) in [5, 5.41) is 0.673. The van der Waals surface area contributed by atoms with E-state index in [9.17, 15) is 9.18 Å². The van der Waals surface area contributed by atoms with Crippen molar-refractivity contribution in [2.24, 2.45) is 0 Å². The predicted molar refractivity (Wildman–Crippen MR) is 80.4 cm³/mol. The molecule has 6 heteroatoms. The molecule has 0 aliphatic heterocycles. The van der Waals surface area contributed by atoms with Crippen LogP contribution in [-0.2, 0) is 0 Å². The third-order valence-electron chi connectivity index (χ3n) is 2.50. The molecule has 0 saturated heterocycles. The summed E-state index contributed by atoms with van der Waals surface area (Å²) < 4.78 is 18.9. The van der Waals surface area contributed by atoms with Gasteiger partial charge in [-0.05, 0) is 46.3 Å². The lowest BCUT2D eigenvalue weighted by molar-refractivity contribution is 0.0921. The number of carbonyl (C=O) groups is 1. The SMILES string of the molecule is O=C(COc1ccc(Br)c(F)c1)c1ccc(Cl)c(Cl)c1. The molecule has 2 rings (SSSR count). The number of halogens is 4. The van der Waals surface area contributed by atoms with Gasteiger partial charge in [-0.15, -0.1) is 0 Å². The fourth-order valence-corrected chi connectivity index (χ4v) is 2.01. The molecule has 0 radical (unpaired) electrons. The lowest BCUT2D eigenvalue weighted by Gasteiger charge is -2.07. The van der Waals surface area contributed by atoms with E-state index in [-0.39, 0.29) is 18.1 Å². The summed E-state index contributed by atoms with van der Waals surface area (Å²) in [5.41, 5.74) is 0.386. The average molecular weight is 378 g/mol. The van der Waals surface area contributed by atoms with Crippen molar-refractivity contribution >= 4 is 44.9 Å². The average Bonchev–Trinajstić information content (AvgIpc) is 2.43. The van der Waals surface area contributed by atoms with Crippen LogP contribution in [0.25, 0.3) is 0 Å². The number of carbonyl (C=O) groups excluding carboxylic acids is 1. The Morgan fingerprint density at radius 1 is 1.15 bits per heavy atom. The minimum Gasteiger partial charge on any atom is -0.485 e. The first-order valence-corrected chi connectivity index (χ1v) is 7.08. The number of rotatable bonds is 4. The molecule has 0 spiro atoms. The van der Waals surface area contributed by atoms with E-state index in [4.69, 9.17) is 27.9 Å². The van der Waals surface area contributed by atoms with Crippen molar-refractivity contribution in [3.8, 4) is 5.75 Å². The van der Waals surface area contributed by atoms with Crippen LogP contribution in [-0.4, -0.2) is 12.4 Å². The number of benzene rings is 2. The Hall–Kier alpha value is -1.10. The van der Waals surface area contributed by atoms with Crippen LogP contribution in [0.4, 0.5) is 4.39 Å². The Morgan fingerprint density at radius 2 is 1.90 bits per heavy atom. The van der Waals surface area contributed by atoms with Gasteiger partial charge >= 0.3 is 0 Å². The molecule has 0 N–H and O–H groups in total. The van der Waals surface area contributed by atoms with Gasteiger partial charge in [0.2, 0.25) is 0 Å². The second kappa shape index (κ2) is 6.57. The van der Waals surface area contributed by atoms with Crippen molar-refractivity contribution in [2.75, 3.05) is 6.61 Å². The van der Waals surface area contributed by atoms with Crippen LogP contribution in [0, 0.1) is 5.82 Å². The molecule has 2 nitrogen and oxygen atoms in total. The third kappa shape index (κ3) is 3.72. The molecular formula is C14H8BrCl2FO2. The normalized spacial score (nSPS) is 10.4. The molecule has 0 unspecified atom stereocenters. The Balaban J connectivity index is 2.04. The van der Waals surface area contributed by atoms with Crippen LogP contribution in [0.3, 0.4) is 0 Å². The highest BCUT2D eigenvalue weighted by Gasteiger charge is 2.10. The number of hydrogen-bond donors (Lipinski definition) is 0. The van der Waals surface area contributed by atoms with Gasteiger partial charge in [-0.1, -0.05) is 23.2 Å². The fraction of sp³-hybridized carbons (Fsp3) is 0.0714. The van der Waals surface area contributed by atoms with Crippen molar-refractivity contribution in [1.29, 1.82) is 0 Å². The lowest BCUT2D eigenvalue weighted by Crippen LogP contribution is -2.11. The monoisotopic (exact) mass is 376 g/mol. The molecule has 0 amide bonds. The first-order chi connectivity index (χ1) is 9.47. The van der Waals surface area contributed by atoms with E-state index in [1.807, 2.05) is 0 Å². The van der Waals surface area contributed by atoms with E-state index in [1.165, 1.54) is 24.3 Å². The van der Waals surface area contributed by atoms with Crippen LogP contribution in [0.15, 0.2) is 40.9 Å². The van der Waals surface area contributed by atoms with Gasteiger partial charge in [0.25, 0.3) is 0 Å². The standard InChI is InChI=1S/C14H8BrCl2FO2/c15-10-3-2-9(6-13(10)18)20-7-14(19)8-1-4-11(16)12(17)5-8/h1-6H,7H2. The zero-order chi connectivity index (χ0) is 14.7. The molecule has 2 aromatic carbocycles. The quantitative estimate of drug-likeness (QED) is 0.688. The summed E-state index contributed by atoms with van der Waals surface area (Å²) in [6.07, 6.45) is 0. The van der Waals surface area contributed by atoms with Gasteiger partial charge in [0.1, 0.15) is 11.6 Å².